The summed E-state index contributed by atoms with van der Waals surface area (Å²) in [6.07, 6.45) is 3.29. The van der Waals surface area contributed by atoms with Gasteiger partial charge in [0.1, 0.15) is 5.52 Å². The van der Waals surface area contributed by atoms with E-state index in [1.54, 1.807) is 19.3 Å². The fourth-order valence-electron chi connectivity index (χ4n) is 3.71. The summed E-state index contributed by atoms with van der Waals surface area (Å²) in [5.74, 6) is 0.221. The van der Waals surface area contributed by atoms with Crippen molar-refractivity contribution >= 4 is 38.8 Å². The summed E-state index contributed by atoms with van der Waals surface area (Å²) in [6, 6.07) is 11.5. The predicted octanol–water partition coefficient (Wildman–Crippen LogP) is 2.62. The first-order valence-electron chi connectivity index (χ1n) is 9.62. The highest BCUT2D eigenvalue weighted by Crippen LogP contribution is 2.21. The standard InChI is InChI=1S/C21H22BrN5O2/c1-26-18-17(8-3-9-23-18)25-19(21(26)29)27-10-4-6-15(13-27)20(28)24-12-14-5-2-7-16(22)11-14/h2-3,5,7-9,11,15H,4,6,10,12-13H2,1H3,(H,24,28)/t15-/m1/s1. The predicted molar refractivity (Wildman–Crippen MR) is 116 cm³/mol. The Morgan fingerprint density at radius 2 is 2.17 bits per heavy atom. The highest BCUT2D eigenvalue weighted by molar-refractivity contribution is 9.10. The molecule has 2 aromatic heterocycles. The summed E-state index contributed by atoms with van der Waals surface area (Å²) >= 11 is 3.45. The molecule has 1 aromatic carbocycles. The van der Waals surface area contributed by atoms with Gasteiger partial charge < -0.3 is 10.2 Å². The number of rotatable bonds is 4. The summed E-state index contributed by atoms with van der Waals surface area (Å²) in [7, 11) is 1.70. The minimum absolute atomic E-state index is 0.00829. The molecule has 7 nitrogen and oxygen atoms in total. The maximum atomic E-state index is 12.8. The van der Waals surface area contributed by atoms with Crippen LogP contribution in [-0.2, 0) is 18.4 Å². The van der Waals surface area contributed by atoms with Gasteiger partial charge in [-0.15, -0.1) is 0 Å². The van der Waals surface area contributed by atoms with Crippen LogP contribution in [0.25, 0.3) is 11.2 Å². The van der Waals surface area contributed by atoms with E-state index < -0.39 is 0 Å². The number of carbonyl (C=O) groups excluding carboxylic acids is 1. The van der Waals surface area contributed by atoms with Crippen LogP contribution in [-0.4, -0.2) is 33.5 Å². The van der Waals surface area contributed by atoms with Gasteiger partial charge in [-0.2, -0.15) is 0 Å². The van der Waals surface area contributed by atoms with Crippen LogP contribution in [0.1, 0.15) is 18.4 Å². The number of hydrogen-bond donors (Lipinski definition) is 1. The quantitative estimate of drug-likeness (QED) is 0.653. The van der Waals surface area contributed by atoms with Gasteiger partial charge in [-0.05, 0) is 42.7 Å². The van der Waals surface area contributed by atoms with Crippen molar-refractivity contribution in [2.45, 2.75) is 19.4 Å². The summed E-state index contributed by atoms with van der Waals surface area (Å²) in [6.45, 7) is 1.68. The Balaban J connectivity index is 1.50. The number of fused-ring (bicyclic) bond motifs is 1. The van der Waals surface area contributed by atoms with E-state index >= 15 is 0 Å². The average molecular weight is 456 g/mol. The number of aryl methyl sites for hydroxylation is 1. The van der Waals surface area contributed by atoms with Crippen LogP contribution in [0.15, 0.2) is 51.9 Å². The van der Waals surface area contributed by atoms with Crippen LogP contribution in [0.4, 0.5) is 5.82 Å². The monoisotopic (exact) mass is 455 g/mol. The third-order valence-corrected chi connectivity index (χ3v) is 5.75. The smallest absolute Gasteiger partial charge is 0.294 e. The fourth-order valence-corrected chi connectivity index (χ4v) is 4.16. The second kappa shape index (κ2) is 8.32. The normalized spacial score (nSPS) is 16.8. The Hall–Kier alpha value is -2.74. The van der Waals surface area contributed by atoms with E-state index in [-0.39, 0.29) is 17.4 Å². The lowest BCUT2D eigenvalue weighted by Crippen LogP contribution is -2.45. The minimum Gasteiger partial charge on any atom is -0.352 e. The Morgan fingerprint density at radius 3 is 3.00 bits per heavy atom. The van der Waals surface area contributed by atoms with Crippen molar-refractivity contribution in [1.82, 2.24) is 19.9 Å². The van der Waals surface area contributed by atoms with Gasteiger partial charge in [0.25, 0.3) is 5.56 Å². The van der Waals surface area contributed by atoms with Crippen molar-refractivity contribution in [3.8, 4) is 0 Å². The third kappa shape index (κ3) is 4.17. The summed E-state index contributed by atoms with van der Waals surface area (Å²) in [5.41, 5.74) is 2.08. The lowest BCUT2D eigenvalue weighted by Gasteiger charge is -2.32. The van der Waals surface area contributed by atoms with Crippen LogP contribution in [0, 0.1) is 5.92 Å². The number of amides is 1. The molecule has 1 amide bonds. The number of carbonyl (C=O) groups is 1. The van der Waals surface area contributed by atoms with Gasteiger partial charge in [0.05, 0.1) is 5.92 Å². The molecule has 4 rings (SSSR count). The molecule has 150 valence electrons. The molecule has 3 aromatic rings. The number of pyridine rings is 1. The minimum atomic E-state index is -0.189. The molecular weight excluding hydrogens is 434 g/mol. The van der Waals surface area contributed by atoms with Crippen molar-refractivity contribution < 1.29 is 4.79 Å². The van der Waals surface area contributed by atoms with Crippen molar-refractivity contribution in [2.24, 2.45) is 13.0 Å². The molecule has 1 fully saturated rings. The molecular formula is C21H22BrN5O2. The van der Waals surface area contributed by atoms with Gasteiger partial charge in [-0.1, -0.05) is 28.1 Å². The first kappa shape index (κ1) is 19.6. The van der Waals surface area contributed by atoms with Crippen LogP contribution in [0.3, 0.4) is 0 Å². The number of aromatic nitrogens is 3. The summed E-state index contributed by atoms with van der Waals surface area (Å²) in [4.78, 5) is 36.3. The van der Waals surface area contributed by atoms with Crippen molar-refractivity contribution in [3.63, 3.8) is 0 Å². The van der Waals surface area contributed by atoms with E-state index in [9.17, 15) is 9.59 Å². The Kier molecular flexibility index (Phi) is 5.62. The number of anilines is 1. The Morgan fingerprint density at radius 1 is 1.31 bits per heavy atom. The molecule has 0 unspecified atom stereocenters. The summed E-state index contributed by atoms with van der Waals surface area (Å²) in [5, 5.41) is 3.02. The average Bonchev–Trinajstić information content (AvgIpc) is 2.75. The van der Waals surface area contributed by atoms with Crippen LogP contribution in [0.2, 0.25) is 0 Å². The van der Waals surface area contributed by atoms with E-state index in [2.05, 4.69) is 31.2 Å². The molecule has 1 atom stereocenters. The van der Waals surface area contributed by atoms with E-state index in [1.807, 2.05) is 35.2 Å². The van der Waals surface area contributed by atoms with Crippen LogP contribution in [0.5, 0.6) is 0 Å². The molecule has 0 aliphatic carbocycles. The molecule has 3 heterocycles. The van der Waals surface area contributed by atoms with Crippen molar-refractivity contribution in [2.75, 3.05) is 18.0 Å². The van der Waals surface area contributed by atoms with Gasteiger partial charge in [-0.3, -0.25) is 14.2 Å². The molecule has 1 aliphatic heterocycles. The number of halogens is 1. The van der Waals surface area contributed by atoms with E-state index in [0.29, 0.717) is 36.6 Å². The highest BCUT2D eigenvalue weighted by atomic mass is 79.9. The molecule has 0 radical (unpaired) electrons. The lowest BCUT2D eigenvalue weighted by atomic mass is 9.97. The van der Waals surface area contributed by atoms with Gasteiger partial charge in [-0.25, -0.2) is 9.97 Å². The molecule has 29 heavy (non-hydrogen) atoms. The summed E-state index contributed by atoms with van der Waals surface area (Å²) < 4.78 is 2.51. The maximum Gasteiger partial charge on any atom is 0.294 e. The molecule has 0 saturated carbocycles. The van der Waals surface area contributed by atoms with Gasteiger partial charge in [0, 0.05) is 37.4 Å². The van der Waals surface area contributed by atoms with E-state index in [4.69, 9.17) is 0 Å². The second-order valence-corrected chi connectivity index (χ2v) is 8.19. The first-order valence-corrected chi connectivity index (χ1v) is 10.4. The molecule has 1 aliphatic rings. The van der Waals surface area contributed by atoms with E-state index in [0.717, 1.165) is 22.9 Å². The third-order valence-electron chi connectivity index (χ3n) is 5.25. The van der Waals surface area contributed by atoms with Crippen LogP contribution < -0.4 is 15.8 Å². The molecule has 8 heteroatoms. The SMILES string of the molecule is Cn1c(=O)c(N2CCC[C@@H](C(=O)NCc3cccc(Br)c3)C2)nc2cccnc21. The molecule has 0 bridgehead atoms. The zero-order valence-corrected chi connectivity index (χ0v) is 17.7. The number of benzene rings is 1. The zero-order chi connectivity index (χ0) is 20.4. The topological polar surface area (TPSA) is 80.1 Å². The molecule has 1 saturated heterocycles. The second-order valence-electron chi connectivity index (χ2n) is 7.28. The number of nitrogens with one attached hydrogen (secondary N) is 1. The maximum absolute atomic E-state index is 12.8. The Bertz CT molecular complexity index is 1110. The Labute approximate surface area is 176 Å². The lowest BCUT2D eigenvalue weighted by molar-refractivity contribution is -0.125. The molecule has 0 spiro atoms. The first-order chi connectivity index (χ1) is 14.0. The largest absolute Gasteiger partial charge is 0.352 e. The number of nitrogens with zero attached hydrogens (tertiary/aromatic N) is 4. The highest BCUT2D eigenvalue weighted by Gasteiger charge is 2.28. The van der Waals surface area contributed by atoms with Gasteiger partial charge in [0.2, 0.25) is 5.91 Å². The van der Waals surface area contributed by atoms with Crippen molar-refractivity contribution in [1.29, 1.82) is 0 Å². The molecule has 1 N–H and O–H groups in total. The number of piperidine rings is 1. The number of hydrogen-bond acceptors (Lipinski definition) is 5. The van der Waals surface area contributed by atoms with Crippen LogP contribution >= 0.6 is 15.9 Å². The van der Waals surface area contributed by atoms with Gasteiger partial charge in [0.15, 0.2) is 11.5 Å². The zero-order valence-electron chi connectivity index (χ0n) is 16.1. The van der Waals surface area contributed by atoms with E-state index in [1.165, 1.54) is 4.57 Å². The fraction of sp³-hybridized carbons (Fsp3) is 0.333. The van der Waals surface area contributed by atoms with Gasteiger partial charge >= 0.3 is 0 Å². The van der Waals surface area contributed by atoms with Crippen molar-refractivity contribution in [3.05, 3.63) is 63.0 Å².